The maximum Gasteiger partial charge on any atom is 0.0125 e. The van der Waals surface area contributed by atoms with Crippen molar-refractivity contribution in [2.24, 2.45) is 17.8 Å². The summed E-state index contributed by atoms with van der Waals surface area (Å²) in [5.41, 5.74) is 0.638. The third-order valence-corrected chi connectivity index (χ3v) is 9.06. The molecule has 4 nitrogen and oxygen atoms in total. The summed E-state index contributed by atoms with van der Waals surface area (Å²) in [5, 5.41) is 0. The first-order chi connectivity index (χ1) is 15.0. The van der Waals surface area contributed by atoms with Crippen molar-refractivity contribution in [1.29, 1.82) is 0 Å². The van der Waals surface area contributed by atoms with E-state index in [2.05, 4.69) is 68.2 Å². The summed E-state index contributed by atoms with van der Waals surface area (Å²) in [6.07, 6.45) is 10.1. The van der Waals surface area contributed by atoms with Crippen LogP contribution in [-0.4, -0.2) is 96.6 Å². The Morgan fingerprint density at radius 1 is 0.656 bits per heavy atom. The number of hydrogen-bond acceptors (Lipinski definition) is 4. The van der Waals surface area contributed by atoms with E-state index in [9.17, 15) is 0 Å². The van der Waals surface area contributed by atoms with Crippen LogP contribution >= 0.6 is 0 Å². The maximum atomic E-state index is 2.81. The molecular weight excluding hydrogens is 392 g/mol. The van der Waals surface area contributed by atoms with E-state index in [1.807, 2.05) is 0 Å². The fourth-order valence-corrected chi connectivity index (χ4v) is 6.10. The zero-order valence-corrected chi connectivity index (χ0v) is 22.8. The second kappa shape index (κ2) is 11.5. The molecular formula is C28H56N4. The van der Waals surface area contributed by atoms with Crippen molar-refractivity contribution in [3.8, 4) is 0 Å². The maximum absolute atomic E-state index is 2.81. The van der Waals surface area contributed by atoms with Gasteiger partial charge in [-0.3, -0.25) is 4.90 Å². The highest BCUT2D eigenvalue weighted by Crippen LogP contribution is 2.31. The molecule has 0 aromatic carbocycles. The number of piperidine rings is 3. The molecule has 32 heavy (non-hydrogen) atoms. The largest absolute Gasteiger partial charge is 0.303 e. The summed E-state index contributed by atoms with van der Waals surface area (Å²) < 4.78 is 0. The van der Waals surface area contributed by atoms with Crippen LogP contribution in [0.25, 0.3) is 0 Å². The molecule has 3 aliphatic heterocycles. The van der Waals surface area contributed by atoms with Crippen molar-refractivity contribution >= 4 is 0 Å². The lowest BCUT2D eigenvalue weighted by Crippen LogP contribution is -2.48. The predicted molar refractivity (Wildman–Crippen MR) is 139 cm³/mol. The molecule has 0 unspecified atom stereocenters. The van der Waals surface area contributed by atoms with Crippen LogP contribution in [0.1, 0.15) is 86.5 Å². The topological polar surface area (TPSA) is 13.0 Å². The highest BCUT2D eigenvalue weighted by molar-refractivity contribution is 4.85. The molecule has 0 aliphatic carbocycles. The van der Waals surface area contributed by atoms with Gasteiger partial charge in [0.25, 0.3) is 0 Å². The standard InChI is InChI=1S/C28H56N4/c1-27(2,3)29(7)20-21-30-14-8-24(9-15-30)22-25-10-16-31(17-11-25)23-26-12-18-32(19-13-26)28(4,5)6/h24-26H,8-23H2,1-7H3. The third-order valence-electron chi connectivity index (χ3n) is 9.06. The predicted octanol–water partition coefficient (Wildman–Crippen LogP) is 5.04. The van der Waals surface area contributed by atoms with Gasteiger partial charge in [-0.25, -0.2) is 0 Å². The fourth-order valence-electron chi connectivity index (χ4n) is 6.10. The van der Waals surface area contributed by atoms with Gasteiger partial charge < -0.3 is 14.7 Å². The molecule has 3 fully saturated rings. The molecule has 0 N–H and O–H groups in total. The smallest absolute Gasteiger partial charge is 0.0125 e. The molecule has 3 heterocycles. The van der Waals surface area contributed by atoms with Crippen LogP contribution in [-0.2, 0) is 0 Å². The fraction of sp³-hybridized carbons (Fsp3) is 1.00. The van der Waals surface area contributed by atoms with Crippen molar-refractivity contribution < 1.29 is 0 Å². The summed E-state index contributed by atoms with van der Waals surface area (Å²) in [4.78, 5) is 10.7. The summed E-state index contributed by atoms with van der Waals surface area (Å²) >= 11 is 0. The van der Waals surface area contributed by atoms with Crippen molar-refractivity contribution in [1.82, 2.24) is 19.6 Å². The minimum atomic E-state index is 0.289. The van der Waals surface area contributed by atoms with Gasteiger partial charge in [-0.1, -0.05) is 0 Å². The molecule has 188 valence electrons. The van der Waals surface area contributed by atoms with Gasteiger partial charge >= 0.3 is 0 Å². The minimum absolute atomic E-state index is 0.289. The van der Waals surface area contributed by atoms with Gasteiger partial charge in [0.1, 0.15) is 0 Å². The summed E-state index contributed by atoms with van der Waals surface area (Å²) in [6.45, 7) is 25.9. The summed E-state index contributed by atoms with van der Waals surface area (Å²) in [7, 11) is 2.27. The molecule has 3 saturated heterocycles. The van der Waals surface area contributed by atoms with Gasteiger partial charge in [0.2, 0.25) is 0 Å². The first-order valence-corrected chi connectivity index (χ1v) is 13.9. The molecule has 0 atom stereocenters. The van der Waals surface area contributed by atoms with E-state index >= 15 is 0 Å². The summed E-state index contributed by atoms with van der Waals surface area (Å²) in [5.74, 6) is 2.93. The van der Waals surface area contributed by atoms with Gasteiger partial charge in [0, 0.05) is 30.7 Å². The van der Waals surface area contributed by atoms with E-state index in [-0.39, 0.29) is 5.54 Å². The third kappa shape index (κ3) is 8.25. The second-order valence-corrected chi connectivity index (χ2v) is 13.5. The van der Waals surface area contributed by atoms with E-state index in [1.165, 1.54) is 104 Å². The average molecular weight is 449 g/mol. The molecule has 0 aromatic rings. The molecule has 3 rings (SSSR count). The molecule has 0 bridgehead atoms. The zero-order valence-electron chi connectivity index (χ0n) is 22.8. The highest BCUT2D eigenvalue weighted by Gasteiger charge is 2.30. The van der Waals surface area contributed by atoms with Crippen LogP contribution in [0, 0.1) is 17.8 Å². The molecule has 3 aliphatic rings. The van der Waals surface area contributed by atoms with E-state index in [4.69, 9.17) is 0 Å². The quantitative estimate of drug-likeness (QED) is 0.541. The zero-order chi connectivity index (χ0) is 23.4. The second-order valence-electron chi connectivity index (χ2n) is 13.5. The molecule has 0 spiro atoms. The molecule has 0 amide bonds. The van der Waals surface area contributed by atoms with Crippen LogP contribution in [0.2, 0.25) is 0 Å². The van der Waals surface area contributed by atoms with Crippen molar-refractivity contribution in [2.45, 2.75) is 97.6 Å². The monoisotopic (exact) mass is 448 g/mol. The van der Waals surface area contributed by atoms with Gasteiger partial charge in [-0.15, -0.1) is 0 Å². The number of likely N-dealkylation sites (N-methyl/N-ethyl adjacent to an activating group) is 1. The lowest BCUT2D eigenvalue weighted by Gasteiger charge is -2.43. The first-order valence-electron chi connectivity index (χ1n) is 13.9. The Balaban J connectivity index is 1.27. The lowest BCUT2D eigenvalue weighted by molar-refractivity contribution is 0.0646. The number of nitrogens with zero attached hydrogens (tertiary/aromatic N) is 4. The van der Waals surface area contributed by atoms with Gasteiger partial charge in [-0.2, -0.15) is 0 Å². The molecule has 0 aromatic heterocycles. The Kier molecular flexibility index (Phi) is 9.51. The van der Waals surface area contributed by atoms with Gasteiger partial charge in [0.05, 0.1) is 0 Å². The van der Waals surface area contributed by atoms with Gasteiger partial charge in [-0.05, 0) is 151 Å². The molecule has 0 saturated carbocycles. The Bertz CT molecular complexity index is 525. The van der Waals surface area contributed by atoms with Crippen LogP contribution in [0.4, 0.5) is 0 Å². The van der Waals surface area contributed by atoms with E-state index in [0.717, 1.165) is 17.8 Å². The van der Waals surface area contributed by atoms with Crippen molar-refractivity contribution in [2.75, 3.05) is 66.0 Å². The van der Waals surface area contributed by atoms with Crippen LogP contribution in [0.3, 0.4) is 0 Å². The molecule has 0 radical (unpaired) electrons. The minimum Gasteiger partial charge on any atom is -0.303 e. The Hall–Kier alpha value is -0.160. The average Bonchev–Trinajstić information content (AvgIpc) is 2.73. The normalized spacial score (nSPS) is 25.1. The van der Waals surface area contributed by atoms with E-state index in [1.54, 1.807) is 0 Å². The van der Waals surface area contributed by atoms with Crippen molar-refractivity contribution in [3.63, 3.8) is 0 Å². The highest BCUT2D eigenvalue weighted by atomic mass is 15.2. The van der Waals surface area contributed by atoms with Crippen LogP contribution in [0.15, 0.2) is 0 Å². The number of hydrogen-bond donors (Lipinski definition) is 0. The Labute approximate surface area is 201 Å². The SMILES string of the molecule is CN(CCN1CCC(CC2CCN(CC3CCN(C(C)(C)C)CC3)CC2)CC1)C(C)(C)C. The first kappa shape index (κ1) is 26.4. The van der Waals surface area contributed by atoms with E-state index in [0.29, 0.717) is 5.54 Å². The Morgan fingerprint density at radius 3 is 1.59 bits per heavy atom. The van der Waals surface area contributed by atoms with Crippen LogP contribution in [0.5, 0.6) is 0 Å². The lowest BCUT2D eigenvalue weighted by atomic mass is 9.82. The summed E-state index contributed by atoms with van der Waals surface area (Å²) in [6, 6.07) is 0. The van der Waals surface area contributed by atoms with Crippen molar-refractivity contribution in [3.05, 3.63) is 0 Å². The molecule has 4 heteroatoms. The number of rotatable bonds is 7. The van der Waals surface area contributed by atoms with Gasteiger partial charge in [0.15, 0.2) is 0 Å². The van der Waals surface area contributed by atoms with Crippen LogP contribution < -0.4 is 0 Å². The number of likely N-dealkylation sites (tertiary alicyclic amines) is 3. The van der Waals surface area contributed by atoms with E-state index < -0.39 is 0 Å². The Morgan fingerprint density at radius 2 is 1.12 bits per heavy atom.